The Bertz CT molecular complexity index is 79.0. The fraction of sp³-hybridized carbons (Fsp3) is 1.00. The van der Waals surface area contributed by atoms with E-state index in [2.05, 4.69) is 0 Å². The van der Waals surface area contributed by atoms with E-state index < -0.39 is 25.2 Å². The van der Waals surface area contributed by atoms with Gasteiger partial charge in [0.15, 0.2) is 6.67 Å². The predicted molar refractivity (Wildman–Crippen MR) is 26.1 cm³/mol. The van der Waals surface area contributed by atoms with Gasteiger partial charge in [-0.05, 0) is 6.92 Å². The van der Waals surface area contributed by atoms with Crippen LogP contribution < -0.4 is 0 Å². The van der Waals surface area contributed by atoms with Crippen molar-refractivity contribution >= 4 is 0 Å². The van der Waals surface area contributed by atoms with Gasteiger partial charge in [-0.2, -0.15) is 0 Å². The maximum absolute atomic E-state index is 11.8. The summed E-state index contributed by atoms with van der Waals surface area (Å²) in [6.07, 6.45) is -2.67. The van der Waals surface area contributed by atoms with Crippen LogP contribution in [0, 0.1) is 0 Å². The van der Waals surface area contributed by atoms with Crippen LogP contribution in [0.2, 0.25) is 0 Å². The third-order valence-corrected chi connectivity index (χ3v) is 0.775. The van der Waals surface area contributed by atoms with Crippen LogP contribution in [0.3, 0.4) is 0 Å². The molecule has 0 bridgehead atoms. The summed E-state index contributed by atoms with van der Waals surface area (Å²) in [6, 6.07) is 0. The molecular weight excluding hydrogens is 136 g/mol. The van der Waals surface area contributed by atoms with Crippen molar-refractivity contribution in [1.29, 1.82) is 0 Å². The summed E-state index contributed by atoms with van der Waals surface area (Å²) in [4.78, 5) is 0. The minimum absolute atomic E-state index is 0.976. The van der Waals surface area contributed by atoms with E-state index in [9.17, 15) is 17.6 Å². The SMILES string of the molecule is CC(F)CC(F)(F)CF. The zero-order valence-corrected chi connectivity index (χ0v) is 5.00. The fourth-order valence-corrected chi connectivity index (χ4v) is 0.466. The Morgan fingerprint density at radius 3 is 2.00 bits per heavy atom. The lowest BCUT2D eigenvalue weighted by Gasteiger charge is -2.11. The molecule has 0 nitrogen and oxygen atoms in total. The summed E-state index contributed by atoms with van der Waals surface area (Å²) in [5, 5.41) is 0. The van der Waals surface area contributed by atoms with Gasteiger partial charge in [0.2, 0.25) is 0 Å². The highest BCUT2D eigenvalue weighted by Crippen LogP contribution is 2.21. The highest BCUT2D eigenvalue weighted by atomic mass is 19.3. The fourth-order valence-electron chi connectivity index (χ4n) is 0.466. The summed E-state index contributed by atoms with van der Waals surface area (Å²) in [5.74, 6) is -3.48. The summed E-state index contributed by atoms with van der Waals surface area (Å²) < 4.78 is 46.5. The molecule has 56 valence electrons. The van der Waals surface area contributed by atoms with E-state index in [1.54, 1.807) is 0 Å². The Labute approximate surface area is 50.9 Å². The second-order valence-electron chi connectivity index (χ2n) is 1.97. The van der Waals surface area contributed by atoms with Crippen molar-refractivity contribution in [3.8, 4) is 0 Å². The van der Waals surface area contributed by atoms with Crippen LogP contribution in [0.4, 0.5) is 17.6 Å². The van der Waals surface area contributed by atoms with Crippen LogP contribution in [0.1, 0.15) is 13.3 Å². The Hall–Kier alpha value is -0.280. The Morgan fingerprint density at radius 1 is 1.44 bits per heavy atom. The summed E-state index contributed by atoms with van der Waals surface area (Å²) >= 11 is 0. The van der Waals surface area contributed by atoms with Gasteiger partial charge in [-0.15, -0.1) is 0 Å². The van der Waals surface area contributed by atoms with Crippen LogP contribution >= 0.6 is 0 Å². The zero-order valence-electron chi connectivity index (χ0n) is 5.00. The third-order valence-electron chi connectivity index (χ3n) is 0.775. The lowest BCUT2D eigenvalue weighted by atomic mass is 10.2. The first-order chi connectivity index (χ1) is 3.98. The second-order valence-corrected chi connectivity index (χ2v) is 1.97. The van der Waals surface area contributed by atoms with Crippen molar-refractivity contribution in [1.82, 2.24) is 0 Å². The third kappa shape index (κ3) is 4.24. The smallest absolute Gasteiger partial charge is 0.248 e. The lowest BCUT2D eigenvalue weighted by Crippen LogP contribution is -2.22. The zero-order chi connectivity index (χ0) is 7.49. The van der Waals surface area contributed by atoms with Gasteiger partial charge >= 0.3 is 0 Å². The molecule has 0 amide bonds. The van der Waals surface area contributed by atoms with Crippen LogP contribution in [-0.4, -0.2) is 18.8 Å². The molecule has 0 spiro atoms. The van der Waals surface area contributed by atoms with Crippen molar-refractivity contribution in [3.63, 3.8) is 0 Å². The molecule has 0 saturated heterocycles. The molecular formula is C5H8F4. The van der Waals surface area contributed by atoms with Crippen molar-refractivity contribution in [2.24, 2.45) is 0 Å². The highest BCUT2D eigenvalue weighted by molar-refractivity contribution is 4.67. The molecule has 0 fully saturated rings. The van der Waals surface area contributed by atoms with E-state index >= 15 is 0 Å². The van der Waals surface area contributed by atoms with Crippen molar-refractivity contribution < 1.29 is 17.6 Å². The normalized spacial score (nSPS) is 15.7. The maximum Gasteiger partial charge on any atom is 0.278 e. The lowest BCUT2D eigenvalue weighted by molar-refractivity contribution is -0.0452. The second kappa shape index (κ2) is 3.03. The minimum atomic E-state index is -3.48. The van der Waals surface area contributed by atoms with E-state index in [1.807, 2.05) is 0 Å². The molecule has 1 unspecified atom stereocenters. The van der Waals surface area contributed by atoms with E-state index in [4.69, 9.17) is 0 Å². The van der Waals surface area contributed by atoms with Crippen LogP contribution in [0.5, 0.6) is 0 Å². The molecule has 0 aromatic heterocycles. The molecule has 0 saturated carbocycles. The molecule has 0 aromatic rings. The molecule has 0 aliphatic carbocycles. The molecule has 1 atom stereocenters. The largest absolute Gasteiger partial charge is 0.278 e. The highest BCUT2D eigenvalue weighted by Gasteiger charge is 2.30. The summed E-state index contributed by atoms with van der Waals surface area (Å²) in [7, 11) is 0. The predicted octanol–water partition coefficient (Wildman–Crippen LogP) is 2.34. The Balaban J connectivity index is 3.58. The number of alkyl halides is 4. The minimum Gasteiger partial charge on any atom is -0.248 e. The van der Waals surface area contributed by atoms with Crippen molar-refractivity contribution in [2.45, 2.75) is 25.4 Å². The molecule has 0 aliphatic rings. The standard InChI is InChI=1S/C5H8F4/c1-4(7)2-5(8,9)3-6/h4H,2-3H2,1H3. The van der Waals surface area contributed by atoms with Gasteiger partial charge in [0.25, 0.3) is 5.92 Å². The summed E-state index contributed by atoms with van der Waals surface area (Å²) in [6.45, 7) is -0.801. The Kier molecular flexibility index (Phi) is 2.94. The molecule has 0 radical (unpaired) electrons. The van der Waals surface area contributed by atoms with Gasteiger partial charge in [-0.1, -0.05) is 0 Å². The number of rotatable bonds is 3. The maximum atomic E-state index is 11.8. The van der Waals surface area contributed by atoms with Crippen molar-refractivity contribution in [2.75, 3.05) is 6.67 Å². The van der Waals surface area contributed by atoms with E-state index in [-0.39, 0.29) is 0 Å². The van der Waals surface area contributed by atoms with Crippen molar-refractivity contribution in [3.05, 3.63) is 0 Å². The summed E-state index contributed by atoms with van der Waals surface area (Å²) in [5.41, 5.74) is 0. The number of hydrogen-bond acceptors (Lipinski definition) is 0. The number of hydrogen-bond donors (Lipinski definition) is 0. The van der Waals surface area contributed by atoms with Crippen LogP contribution in [-0.2, 0) is 0 Å². The van der Waals surface area contributed by atoms with E-state index in [0.29, 0.717) is 0 Å². The molecule has 0 N–H and O–H groups in total. The van der Waals surface area contributed by atoms with E-state index in [1.165, 1.54) is 0 Å². The molecule has 0 aromatic carbocycles. The molecule has 0 aliphatic heterocycles. The van der Waals surface area contributed by atoms with E-state index in [0.717, 1.165) is 6.92 Å². The molecule has 9 heavy (non-hydrogen) atoms. The van der Waals surface area contributed by atoms with Gasteiger partial charge in [0, 0.05) is 6.42 Å². The quantitative estimate of drug-likeness (QED) is 0.533. The van der Waals surface area contributed by atoms with Gasteiger partial charge in [0.05, 0.1) is 0 Å². The first-order valence-electron chi connectivity index (χ1n) is 2.56. The average Bonchev–Trinajstić information content (AvgIpc) is 1.63. The van der Waals surface area contributed by atoms with Gasteiger partial charge in [-0.25, -0.2) is 17.6 Å². The van der Waals surface area contributed by atoms with Crippen LogP contribution in [0.25, 0.3) is 0 Å². The molecule has 0 heterocycles. The Morgan fingerprint density at radius 2 is 1.89 bits per heavy atom. The first-order valence-corrected chi connectivity index (χ1v) is 2.56. The first kappa shape index (κ1) is 8.72. The van der Waals surface area contributed by atoms with Gasteiger partial charge in [-0.3, -0.25) is 0 Å². The number of halogens is 4. The topological polar surface area (TPSA) is 0 Å². The molecule has 4 heteroatoms. The van der Waals surface area contributed by atoms with Crippen LogP contribution in [0.15, 0.2) is 0 Å². The van der Waals surface area contributed by atoms with Gasteiger partial charge < -0.3 is 0 Å². The molecule has 0 rings (SSSR count). The average molecular weight is 144 g/mol. The monoisotopic (exact) mass is 144 g/mol. The van der Waals surface area contributed by atoms with Gasteiger partial charge in [0.1, 0.15) is 6.17 Å².